The highest BCUT2D eigenvalue weighted by Crippen LogP contribution is 2.25. The largest absolute Gasteiger partial charge is 0.351 e. The summed E-state index contributed by atoms with van der Waals surface area (Å²) in [7, 11) is 2.03. The third kappa shape index (κ3) is 7.56. The zero-order valence-electron chi connectivity index (χ0n) is 21.4. The van der Waals surface area contributed by atoms with Crippen molar-refractivity contribution in [2.24, 2.45) is 11.7 Å². The molecule has 2 heterocycles. The van der Waals surface area contributed by atoms with Crippen LogP contribution in [0.4, 0.5) is 0 Å². The monoisotopic (exact) mass is 527 g/mol. The van der Waals surface area contributed by atoms with Crippen LogP contribution in [0.5, 0.6) is 0 Å². The van der Waals surface area contributed by atoms with Gasteiger partial charge in [0.05, 0.1) is 12.2 Å². The standard InChI is InChI=1S/C26H37N7O3S/c1-32-11-13-33(14-12-32)26(36)21(30-24(34)22-17-29-31-37-22)15-18-7-9-19(10-8-18)16-28-25(35)23(27)20-5-3-2-4-6-20/h7-10,17,20-21,23H,2-6,11-16,27H2,1H3,(H,28,35)(H,30,34). The molecule has 1 aliphatic heterocycles. The van der Waals surface area contributed by atoms with E-state index in [9.17, 15) is 14.4 Å². The van der Waals surface area contributed by atoms with E-state index < -0.39 is 12.1 Å². The van der Waals surface area contributed by atoms with Gasteiger partial charge in [0.2, 0.25) is 11.8 Å². The summed E-state index contributed by atoms with van der Waals surface area (Å²) < 4.78 is 3.75. The number of nitrogens with two attached hydrogens (primary N) is 1. The maximum Gasteiger partial charge on any atom is 0.265 e. The molecule has 10 nitrogen and oxygen atoms in total. The van der Waals surface area contributed by atoms with Crippen LogP contribution in [0.3, 0.4) is 0 Å². The van der Waals surface area contributed by atoms with E-state index in [1.807, 2.05) is 36.2 Å². The number of benzene rings is 1. The van der Waals surface area contributed by atoms with E-state index in [0.717, 1.165) is 61.4 Å². The first-order chi connectivity index (χ1) is 17.9. The van der Waals surface area contributed by atoms with E-state index >= 15 is 0 Å². The van der Waals surface area contributed by atoms with Gasteiger partial charge in [-0.2, -0.15) is 0 Å². The van der Waals surface area contributed by atoms with Gasteiger partial charge in [-0.25, -0.2) is 0 Å². The van der Waals surface area contributed by atoms with Crippen LogP contribution in [-0.4, -0.2) is 82.4 Å². The number of hydrogen-bond donors (Lipinski definition) is 3. The minimum Gasteiger partial charge on any atom is -0.351 e. The Morgan fingerprint density at radius 3 is 2.38 bits per heavy atom. The number of likely N-dealkylation sites (N-methyl/N-ethyl adjacent to an activating group) is 1. The molecule has 4 rings (SSSR count). The fourth-order valence-corrected chi connectivity index (χ4v) is 5.41. The number of nitrogens with zero attached hydrogens (tertiary/aromatic N) is 4. The number of rotatable bonds is 9. The SMILES string of the molecule is CN1CCN(C(=O)C(Cc2ccc(CNC(=O)C(N)C3CCCCC3)cc2)NC(=O)c2cnns2)CC1. The number of carbonyl (C=O) groups is 3. The highest BCUT2D eigenvalue weighted by atomic mass is 32.1. The first-order valence-corrected chi connectivity index (χ1v) is 13.8. The van der Waals surface area contributed by atoms with Crippen molar-refractivity contribution in [3.05, 3.63) is 46.5 Å². The van der Waals surface area contributed by atoms with Crippen molar-refractivity contribution >= 4 is 29.3 Å². The molecule has 0 spiro atoms. The molecule has 3 amide bonds. The van der Waals surface area contributed by atoms with Crippen molar-refractivity contribution in [3.8, 4) is 0 Å². The number of piperazine rings is 1. The van der Waals surface area contributed by atoms with Crippen molar-refractivity contribution in [3.63, 3.8) is 0 Å². The second-order valence-corrected chi connectivity index (χ2v) is 10.9. The molecule has 1 saturated heterocycles. The van der Waals surface area contributed by atoms with Crippen LogP contribution < -0.4 is 16.4 Å². The zero-order valence-corrected chi connectivity index (χ0v) is 22.2. The zero-order chi connectivity index (χ0) is 26.2. The number of nitrogens with one attached hydrogen (secondary N) is 2. The topological polar surface area (TPSA) is 134 Å². The Bertz CT molecular complexity index is 1030. The van der Waals surface area contributed by atoms with Crippen molar-refractivity contribution in [2.45, 2.75) is 57.2 Å². The van der Waals surface area contributed by atoms with Crippen LogP contribution in [0.1, 0.15) is 52.9 Å². The van der Waals surface area contributed by atoms with Gasteiger partial charge in [0.1, 0.15) is 10.9 Å². The predicted octanol–water partition coefficient (Wildman–Crippen LogP) is 1.18. The molecular weight excluding hydrogens is 490 g/mol. The summed E-state index contributed by atoms with van der Waals surface area (Å²) in [5, 5.41) is 9.58. The van der Waals surface area contributed by atoms with Crippen LogP contribution >= 0.6 is 11.5 Å². The highest BCUT2D eigenvalue weighted by molar-refractivity contribution is 7.07. The Labute approximate surface area is 222 Å². The van der Waals surface area contributed by atoms with Gasteiger partial charge in [-0.15, -0.1) is 5.10 Å². The Balaban J connectivity index is 1.35. The van der Waals surface area contributed by atoms with Crippen LogP contribution in [0, 0.1) is 5.92 Å². The first kappa shape index (κ1) is 27.2. The van der Waals surface area contributed by atoms with Crippen LogP contribution in [-0.2, 0) is 22.6 Å². The molecule has 1 saturated carbocycles. The molecule has 37 heavy (non-hydrogen) atoms. The van der Waals surface area contributed by atoms with Crippen molar-refractivity contribution in [2.75, 3.05) is 33.2 Å². The van der Waals surface area contributed by atoms with E-state index in [-0.39, 0.29) is 23.6 Å². The molecule has 200 valence electrons. The van der Waals surface area contributed by atoms with Gasteiger partial charge in [-0.3, -0.25) is 14.4 Å². The maximum atomic E-state index is 13.4. The Morgan fingerprint density at radius 1 is 1.05 bits per heavy atom. The van der Waals surface area contributed by atoms with Gasteiger partial charge in [0.25, 0.3) is 5.91 Å². The fourth-order valence-electron chi connectivity index (χ4n) is 4.99. The lowest BCUT2D eigenvalue weighted by Gasteiger charge is -2.34. The van der Waals surface area contributed by atoms with Crippen molar-refractivity contribution in [1.29, 1.82) is 0 Å². The van der Waals surface area contributed by atoms with Gasteiger partial charge in [0.15, 0.2) is 0 Å². The summed E-state index contributed by atoms with van der Waals surface area (Å²) in [6.07, 6.45) is 7.33. The number of aromatic nitrogens is 2. The molecule has 4 N–H and O–H groups in total. The quantitative estimate of drug-likeness (QED) is 0.446. The Kier molecular flexibility index (Phi) is 9.59. The van der Waals surface area contributed by atoms with E-state index in [1.54, 1.807) is 0 Å². The van der Waals surface area contributed by atoms with E-state index in [2.05, 4.69) is 25.1 Å². The molecule has 11 heteroatoms. The van der Waals surface area contributed by atoms with Crippen molar-refractivity contribution < 1.29 is 14.4 Å². The molecule has 2 atom stereocenters. The number of hydrogen-bond acceptors (Lipinski definition) is 8. The summed E-state index contributed by atoms with van der Waals surface area (Å²) in [6, 6.07) is 6.60. The molecule has 2 fully saturated rings. The molecule has 2 unspecified atom stereocenters. The van der Waals surface area contributed by atoms with Crippen LogP contribution in [0.2, 0.25) is 0 Å². The number of amides is 3. The highest BCUT2D eigenvalue weighted by Gasteiger charge is 2.29. The average molecular weight is 528 g/mol. The molecule has 1 aliphatic carbocycles. The molecule has 2 aliphatic rings. The summed E-state index contributed by atoms with van der Waals surface area (Å²) in [5.41, 5.74) is 8.09. The third-order valence-corrected chi connectivity index (χ3v) is 8.06. The lowest BCUT2D eigenvalue weighted by atomic mass is 9.84. The molecule has 1 aromatic heterocycles. The summed E-state index contributed by atoms with van der Waals surface area (Å²) in [4.78, 5) is 43.0. The van der Waals surface area contributed by atoms with E-state index in [1.165, 1.54) is 12.6 Å². The summed E-state index contributed by atoms with van der Waals surface area (Å²) in [5.74, 6) is -0.279. The predicted molar refractivity (Wildman–Crippen MR) is 142 cm³/mol. The third-order valence-electron chi connectivity index (χ3n) is 7.39. The van der Waals surface area contributed by atoms with Gasteiger partial charge < -0.3 is 26.2 Å². The van der Waals surface area contributed by atoms with Gasteiger partial charge in [-0.1, -0.05) is 48.0 Å². The van der Waals surface area contributed by atoms with Crippen molar-refractivity contribution in [1.82, 2.24) is 30.0 Å². The first-order valence-electron chi connectivity index (χ1n) is 13.1. The number of carbonyl (C=O) groups excluding carboxylic acids is 3. The molecule has 1 aromatic carbocycles. The molecule has 0 radical (unpaired) electrons. The second-order valence-electron chi connectivity index (χ2n) is 10.1. The van der Waals surface area contributed by atoms with Gasteiger partial charge in [0, 0.05) is 39.1 Å². The lowest BCUT2D eigenvalue weighted by Crippen LogP contribution is -2.54. The summed E-state index contributed by atoms with van der Waals surface area (Å²) in [6.45, 7) is 3.27. The minimum absolute atomic E-state index is 0.0908. The Morgan fingerprint density at radius 2 is 1.73 bits per heavy atom. The molecular formula is C26H37N7O3S. The normalized spacial score (nSPS) is 18.7. The van der Waals surface area contributed by atoms with E-state index in [0.29, 0.717) is 30.9 Å². The summed E-state index contributed by atoms with van der Waals surface area (Å²) >= 11 is 0.999. The van der Waals surface area contributed by atoms with Gasteiger partial charge in [-0.05, 0) is 48.5 Å². The fraction of sp³-hybridized carbons (Fsp3) is 0.577. The van der Waals surface area contributed by atoms with Gasteiger partial charge >= 0.3 is 0 Å². The lowest BCUT2D eigenvalue weighted by molar-refractivity contribution is -0.134. The molecule has 0 bridgehead atoms. The van der Waals surface area contributed by atoms with Crippen LogP contribution in [0.25, 0.3) is 0 Å². The minimum atomic E-state index is -0.697. The average Bonchev–Trinajstić information content (AvgIpc) is 3.48. The smallest absolute Gasteiger partial charge is 0.265 e. The van der Waals surface area contributed by atoms with Crippen LogP contribution in [0.15, 0.2) is 30.5 Å². The van der Waals surface area contributed by atoms with E-state index in [4.69, 9.17) is 5.73 Å². The maximum absolute atomic E-state index is 13.4. The Hall–Kier alpha value is -2.89. The second kappa shape index (κ2) is 13.1. The molecule has 2 aromatic rings.